The number of likely N-dealkylation sites (N-methyl/N-ethyl adjacent to an activating group) is 1. The van der Waals surface area contributed by atoms with Crippen molar-refractivity contribution in [1.82, 2.24) is 9.80 Å². The summed E-state index contributed by atoms with van der Waals surface area (Å²) in [5.41, 5.74) is 10.2. The Morgan fingerprint density at radius 2 is 2.12 bits per heavy atom. The van der Waals surface area contributed by atoms with Crippen LogP contribution in [0.15, 0.2) is 0 Å². The van der Waals surface area contributed by atoms with Gasteiger partial charge in [-0.3, -0.25) is 9.69 Å². The summed E-state index contributed by atoms with van der Waals surface area (Å²) < 4.78 is 0. The van der Waals surface area contributed by atoms with Gasteiger partial charge in [0.05, 0.1) is 0 Å². The van der Waals surface area contributed by atoms with Crippen LogP contribution in [-0.4, -0.2) is 60.5 Å². The molecule has 1 amide bonds. The van der Waals surface area contributed by atoms with E-state index in [1.807, 2.05) is 0 Å². The van der Waals surface area contributed by atoms with Gasteiger partial charge in [-0.05, 0) is 20.4 Å². The first kappa shape index (κ1) is 13.4. The van der Waals surface area contributed by atoms with E-state index in [0.29, 0.717) is 12.6 Å². The fourth-order valence-corrected chi connectivity index (χ4v) is 2.14. The fourth-order valence-electron chi connectivity index (χ4n) is 2.14. The van der Waals surface area contributed by atoms with E-state index < -0.39 is 11.4 Å². The normalized spacial score (nSPS) is 27.6. The van der Waals surface area contributed by atoms with Crippen LogP contribution in [0.1, 0.15) is 20.3 Å². The van der Waals surface area contributed by atoms with Crippen LogP contribution < -0.4 is 11.5 Å². The molecule has 1 saturated heterocycles. The largest absolute Gasteiger partial charge is 0.368 e. The van der Waals surface area contributed by atoms with Gasteiger partial charge in [-0.1, -0.05) is 6.92 Å². The Hall–Kier alpha value is -0.650. The van der Waals surface area contributed by atoms with Gasteiger partial charge in [0, 0.05) is 32.2 Å². The van der Waals surface area contributed by atoms with Crippen molar-refractivity contribution in [3.05, 3.63) is 0 Å². The summed E-state index contributed by atoms with van der Waals surface area (Å²) in [5, 5.41) is 0. The van der Waals surface area contributed by atoms with E-state index in [4.69, 9.17) is 11.5 Å². The first-order chi connectivity index (χ1) is 7.36. The quantitative estimate of drug-likeness (QED) is 0.661. The zero-order chi connectivity index (χ0) is 12.3. The van der Waals surface area contributed by atoms with Crippen molar-refractivity contribution in [1.29, 1.82) is 0 Å². The molecule has 5 heteroatoms. The first-order valence-corrected chi connectivity index (χ1v) is 5.88. The van der Waals surface area contributed by atoms with Crippen LogP contribution in [0.4, 0.5) is 0 Å². The molecule has 2 unspecified atom stereocenters. The highest BCUT2D eigenvalue weighted by Gasteiger charge is 2.31. The van der Waals surface area contributed by atoms with Gasteiger partial charge in [0.1, 0.15) is 5.54 Å². The Labute approximate surface area is 97.7 Å². The summed E-state index contributed by atoms with van der Waals surface area (Å²) in [6.45, 7) is 7.37. The Kier molecular flexibility index (Phi) is 4.29. The second kappa shape index (κ2) is 5.12. The zero-order valence-electron chi connectivity index (χ0n) is 10.6. The smallest absolute Gasteiger partial charge is 0.238 e. The molecule has 4 N–H and O–H groups in total. The van der Waals surface area contributed by atoms with E-state index in [-0.39, 0.29) is 0 Å². The predicted octanol–water partition coefficient (Wildman–Crippen LogP) is -0.785. The molecule has 1 aliphatic heterocycles. The second-order valence-electron chi connectivity index (χ2n) is 5.06. The van der Waals surface area contributed by atoms with Gasteiger partial charge in [0.2, 0.25) is 5.91 Å². The molecule has 0 bridgehead atoms. The minimum Gasteiger partial charge on any atom is -0.368 e. The van der Waals surface area contributed by atoms with Crippen molar-refractivity contribution in [2.75, 3.05) is 33.2 Å². The number of primary amides is 1. The Morgan fingerprint density at radius 3 is 2.62 bits per heavy atom. The molecule has 0 saturated carbocycles. The number of nitrogens with zero attached hydrogens (tertiary/aromatic N) is 2. The van der Waals surface area contributed by atoms with Crippen molar-refractivity contribution < 1.29 is 4.79 Å². The zero-order valence-corrected chi connectivity index (χ0v) is 10.6. The van der Waals surface area contributed by atoms with Gasteiger partial charge in [0.15, 0.2) is 0 Å². The maximum Gasteiger partial charge on any atom is 0.238 e. The lowest BCUT2D eigenvalue weighted by atomic mass is 10.0. The van der Waals surface area contributed by atoms with Crippen molar-refractivity contribution >= 4 is 5.91 Å². The van der Waals surface area contributed by atoms with Crippen molar-refractivity contribution in [2.45, 2.75) is 31.8 Å². The lowest BCUT2D eigenvalue weighted by Gasteiger charge is -2.41. The molecule has 2 atom stereocenters. The average molecular weight is 228 g/mol. The molecule has 1 heterocycles. The molecule has 0 spiro atoms. The van der Waals surface area contributed by atoms with Crippen LogP contribution in [0.5, 0.6) is 0 Å². The van der Waals surface area contributed by atoms with Crippen LogP contribution >= 0.6 is 0 Å². The number of amides is 1. The molecule has 1 aliphatic rings. The van der Waals surface area contributed by atoms with Crippen LogP contribution in [0, 0.1) is 0 Å². The summed E-state index contributed by atoms with van der Waals surface area (Å²) in [6.07, 6.45) is 1.12. The molecule has 0 aromatic carbocycles. The number of hydrogen-bond donors (Lipinski definition) is 2. The number of nitrogens with two attached hydrogens (primary N) is 2. The third-order valence-corrected chi connectivity index (χ3v) is 3.45. The van der Waals surface area contributed by atoms with Gasteiger partial charge in [-0.25, -0.2) is 0 Å². The third kappa shape index (κ3) is 3.17. The highest BCUT2D eigenvalue weighted by Crippen LogP contribution is 2.13. The summed E-state index contributed by atoms with van der Waals surface area (Å²) in [6, 6.07) is 0.553. The maximum absolute atomic E-state index is 11.2. The fraction of sp³-hybridized carbons (Fsp3) is 0.909. The number of carbonyl (C=O) groups excluding carboxylic acids is 1. The van der Waals surface area contributed by atoms with Gasteiger partial charge in [0.25, 0.3) is 0 Å². The number of hydrogen-bond acceptors (Lipinski definition) is 4. The third-order valence-electron chi connectivity index (χ3n) is 3.45. The molecule has 1 rings (SSSR count). The highest BCUT2D eigenvalue weighted by atomic mass is 16.1. The Balaban J connectivity index is 2.53. The molecule has 1 fully saturated rings. The molecule has 16 heavy (non-hydrogen) atoms. The molecule has 0 radical (unpaired) electrons. The van der Waals surface area contributed by atoms with Gasteiger partial charge in [-0.2, -0.15) is 0 Å². The minimum atomic E-state index is -0.922. The van der Waals surface area contributed by atoms with Gasteiger partial charge < -0.3 is 16.4 Å². The minimum absolute atomic E-state index is 0.431. The van der Waals surface area contributed by atoms with Crippen LogP contribution in [0.2, 0.25) is 0 Å². The standard InChI is InChI=1S/C11H24N4O/c1-4-9-7-15(6-5-14(9)3)8-11(2,13)10(12)16/h9H,4-8,13H2,1-3H3,(H2,12,16). The molecular formula is C11H24N4O. The van der Waals surface area contributed by atoms with E-state index in [2.05, 4.69) is 23.8 Å². The van der Waals surface area contributed by atoms with Crippen molar-refractivity contribution in [3.63, 3.8) is 0 Å². The SMILES string of the molecule is CCC1CN(CC(C)(N)C(N)=O)CCN1C. The van der Waals surface area contributed by atoms with Gasteiger partial charge >= 0.3 is 0 Å². The lowest BCUT2D eigenvalue weighted by molar-refractivity contribution is -0.123. The summed E-state index contributed by atoms with van der Waals surface area (Å²) in [5.74, 6) is -0.431. The molecule has 0 aromatic rings. The predicted molar refractivity (Wildman–Crippen MR) is 64.9 cm³/mol. The average Bonchev–Trinajstić information content (AvgIpc) is 2.20. The van der Waals surface area contributed by atoms with Crippen molar-refractivity contribution in [3.8, 4) is 0 Å². The highest BCUT2D eigenvalue weighted by molar-refractivity contribution is 5.84. The summed E-state index contributed by atoms with van der Waals surface area (Å²) in [4.78, 5) is 15.8. The van der Waals surface area contributed by atoms with Crippen LogP contribution in [0.3, 0.4) is 0 Å². The maximum atomic E-state index is 11.2. The van der Waals surface area contributed by atoms with E-state index in [9.17, 15) is 4.79 Å². The van der Waals surface area contributed by atoms with Crippen molar-refractivity contribution in [2.24, 2.45) is 11.5 Å². The molecule has 94 valence electrons. The number of piperazine rings is 1. The van der Waals surface area contributed by atoms with Crippen LogP contribution in [-0.2, 0) is 4.79 Å². The van der Waals surface area contributed by atoms with E-state index in [1.165, 1.54) is 0 Å². The Bertz CT molecular complexity index is 254. The van der Waals surface area contributed by atoms with E-state index >= 15 is 0 Å². The molecule has 5 nitrogen and oxygen atoms in total. The number of rotatable bonds is 4. The van der Waals surface area contributed by atoms with E-state index in [0.717, 1.165) is 26.1 Å². The van der Waals surface area contributed by atoms with Gasteiger partial charge in [-0.15, -0.1) is 0 Å². The monoisotopic (exact) mass is 228 g/mol. The molecular weight excluding hydrogens is 204 g/mol. The first-order valence-electron chi connectivity index (χ1n) is 5.88. The molecule has 0 aromatic heterocycles. The summed E-state index contributed by atoms with van der Waals surface area (Å²) >= 11 is 0. The lowest BCUT2D eigenvalue weighted by Crippen LogP contribution is -2.61. The second-order valence-corrected chi connectivity index (χ2v) is 5.06. The molecule has 0 aliphatic carbocycles. The van der Waals surface area contributed by atoms with Crippen LogP contribution in [0.25, 0.3) is 0 Å². The Morgan fingerprint density at radius 1 is 1.50 bits per heavy atom. The van der Waals surface area contributed by atoms with E-state index in [1.54, 1.807) is 6.92 Å². The topological polar surface area (TPSA) is 75.6 Å². The summed E-state index contributed by atoms with van der Waals surface area (Å²) in [7, 11) is 2.14. The number of carbonyl (C=O) groups is 1.